The van der Waals surface area contributed by atoms with E-state index < -0.39 is 0 Å². The van der Waals surface area contributed by atoms with Crippen LogP contribution in [0.2, 0.25) is 0 Å². The summed E-state index contributed by atoms with van der Waals surface area (Å²) >= 11 is 0. The van der Waals surface area contributed by atoms with Crippen molar-refractivity contribution in [2.45, 2.75) is 20.3 Å². The highest BCUT2D eigenvalue weighted by atomic mass is 16.5. The van der Waals surface area contributed by atoms with Crippen molar-refractivity contribution in [2.75, 3.05) is 32.2 Å². The van der Waals surface area contributed by atoms with Crippen molar-refractivity contribution in [3.63, 3.8) is 0 Å². The zero-order chi connectivity index (χ0) is 14.8. The van der Waals surface area contributed by atoms with Crippen LogP contribution in [0, 0.1) is 5.92 Å². The summed E-state index contributed by atoms with van der Waals surface area (Å²) in [6, 6.07) is 7.51. The smallest absolute Gasteiger partial charge is 0.193 e. The Kier molecular flexibility index (Phi) is 7.50. The van der Waals surface area contributed by atoms with Crippen molar-refractivity contribution in [1.82, 2.24) is 0 Å². The van der Waals surface area contributed by atoms with Gasteiger partial charge in [-0.1, -0.05) is 13.8 Å². The maximum atomic E-state index is 5.79. The summed E-state index contributed by atoms with van der Waals surface area (Å²) in [6.45, 7) is 6.29. The summed E-state index contributed by atoms with van der Waals surface area (Å²) in [5.41, 5.74) is 6.67. The third-order valence-electron chi connectivity index (χ3n) is 2.72. The third-order valence-corrected chi connectivity index (χ3v) is 2.72. The van der Waals surface area contributed by atoms with E-state index in [0.717, 1.165) is 24.5 Å². The van der Waals surface area contributed by atoms with Crippen LogP contribution in [0.1, 0.15) is 20.3 Å². The summed E-state index contributed by atoms with van der Waals surface area (Å²) in [5.74, 6) is 1.87. The molecule has 112 valence electrons. The number of anilines is 1. The highest BCUT2D eigenvalue weighted by molar-refractivity contribution is 5.92. The van der Waals surface area contributed by atoms with E-state index in [0.29, 0.717) is 25.0 Å². The van der Waals surface area contributed by atoms with E-state index in [2.05, 4.69) is 24.2 Å². The molecule has 1 rings (SSSR count). The number of ether oxygens (including phenoxy) is 2. The van der Waals surface area contributed by atoms with E-state index in [4.69, 9.17) is 15.2 Å². The Bertz CT molecular complexity index is 402. The second-order valence-corrected chi connectivity index (χ2v) is 4.92. The van der Waals surface area contributed by atoms with E-state index in [1.54, 1.807) is 7.11 Å². The van der Waals surface area contributed by atoms with Gasteiger partial charge in [-0.2, -0.15) is 0 Å². The molecule has 0 atom stereocenters. The molecule has 1 aromatic carbocycles. The van der Waals surface area contributed by atoms with E-state index in [1.807, 2.05) is 24.3 Å². The van der Waals surface area contributed by atoms with Crippen LogP contribution in [-0.2, 0) is 4.74 Å². The lowest BCUT2D eigenvalue weighted by molar-refractivity contribution is 0.131. The van der Waals surface area contributed by atoms with Gasteiger partial charge in [-0.25, -0.2) is 0 Å². The van der Waals surface area contributed by atoms with Gasteiger partial charge in [0.05, 0.1) is 20.3 Å². The number of rotatable bonds is 8. The minimum absolute atomic E-state index is 0.391. The Hall–Kier alpha value is -1.75. The topological polar surface area (TPSA) is 68.9 Å². The summed E-state index contributed by atoms with van der Waals surface area (Å²) in [5, 5.41) is 3.02. The summed E-state index contributed by atoms with van der Waals surface area (Å²) < 4.78 is 10.6. The van der Waals surface area contributed by atoms with Crippen LogP contribution in [-0.4, -0.2) is 32.8 Å². The van der Waals surface area contributed by atoms with Crippen molar-refractivity contribution < 1.29 is 9.47 Å². The van der Waals surface area contributed by atoms with Crippen molar-refractivity contribution in [2.24, 2.45) is 16.6 Å². The molecule has 0 amide bonds. The Morgan fingerprint density at radius 3 is 2.55 bits per heavy atom. The zero-order valence-corrected chi connectivity index (χ0v) is 12.6. The predicted molar refractivity (Wildman–Crippen MR) is 83.4 cm³/mol. The van der Waals surface area contributed by atoms with Crippen LogP contribution in [0.3, 0.4) is 0 Å². The fourth-order valence-electron chi connectivity index (χ4n) is 1.51. The molecule has 3 N–H and O–H groups in total. The minimum Gasteiger partial charge on any atom is -0.497 e. The Balaban J connectivity index is 2.23. The van der Waals surface area contributed by atoms with Crippen molar-refractivity contribution in [1.29, 1.82) is 0 Å². The quantitative estimate of drug-likeness (QED) is 0.436. The van der Waals surface area contributed by atoms with Gasteiger partial charge in [0.2, 0.25) is 0 Å². The second-order valence-electron chi connectivity index (χ2n) is 4.92. The van der Waals surface area contributed by atoms with Crippen molar-refractivity contribution in [3.8, 4) is 5.75 Å². The first-order valence-electron chi connectivity index (χ1n) is 6.90. The number of nitrogens with one attached hydrogen (secondary N) is 1. The largest absolute Gasteiger partial charge is 0.497 e. The van der Waals surface area contributed by atoms with E-state index in [-0.39, 0.29) is 0 Å². The van der Waals surface area contributed by atoms with Gasteiger partial charge < -0.3 is 20.5 Å². The third kappa shape index (κ3) is 6.99. The number of guanidine groups is 1. The van der Waals surface area contributed by atoms with Gasteiger partial charge >= 0.3 is 0 Å². The normalized spacial score (nSPS) is 11.7. The first-order valence-corrected chi connectivity index (χ1v) is 6.90. The molecule has 5 heteroatoms. The molecule has 20 heavy (non-hydrogen) atoms. The number of nitrogens with two attached hydrogens (primary N) is 1. The number of hydrogen-bond donors (Lipinski definition) is 2. The molecule has 0 bridgehead atoms. The van der Waals surface area contributed by atoms with Gasteiger partial charge in [-0.05, 0) is 36.6 Å². The Morgan fingerprint density at radius 1 is 1.25 bits per heavy atom. The summed E-state index contributed by atoms with van der Waals surface area (Å²) in [6.07, 6.45) is 1.07. The summed E-state index contributed by atoms with van der Waals surface area (Å²) in [7, 11) is 1.64. The standard InChI is InChI=1S/C15H25N3O2/c1-12(2)8-10-20-11-9-17-15(16)18-13-4-6-14(19-3)7-5-13/h4-7,12H,8-11H2,1-3H3,(H3,16,17,18). The first kappa shape index (κ1) is 16.3. The number of hydrogen-bond acceptors (Lipinski definition) is 3. The van der Waals surface area contributed by atoms with Gasteiger partial charge in [0.25, 0.3) is 0 Å². The van der Waals surface area contributed by atoms with Gasteiger partial charge in [-0.15, -0.1) is 0 Å². The predicted octanol–water partition coefficient (Wildman–Crippen LogP) is 2.48. The minimum atomic E-state index is 0.391. The Morgan fingerprint density at radius 2 is 1.95 bits per heavy atom. The fraction of sp³-hybridized carbons (Fsp3) is 0.533. The van der Waals surface area contributed by atoms with Crippen LogP contribution in [0.5, 0.6) is 5.75 Å². The highest BCUT2D eigenvalue weighted by Gasteiger charge is 1.97. The zero-order valence-electron chi connectivity index (χ0n) is 12.6. The van der Waals surface area contributed by atoms with Crippen molar-refractivity contribution >= 4 is 11.6 Å². The van der Waals surface area contributed by atoms with Crippen LogP contribution in [0.25, 0.3) is 0 Å². The molecule has 0 aliphatic rings. The van der Waals surface area contributed by atoms with Crippen LogP contribution in [0.4, 0.5) is 5.69 Å². The van der Waals surface area contributed by atoms with E-state index >= 15 is 0 Å². The number of methoxy groups -OCH3 is 1. The molecule has 0 saturated carbocycles. The van der Waals surface area contributed by atoms with Crippen molar-refractivity contribution in [3.05, 3.63) is 24.3 Å². The lowest BCUT2D eigenvalue weighted by Gasteiger charge is -2.07. The molecule has 5 nitrogen and oxygen atoms in total. The SMILES string of the molecule is COc1ccc(NC(N)=NCCOCCC(C)C)cc1. The monoisotopic (exact) mass is 279 g/mol. The molecule has 0 unspecified atom stereocenters. The number of benzene rings is 1. The van der Waals surface area contributed by atoms with E-state index in [1.165, 1.54) is 0 Å². The molecular formula is C15H25N3O2. The number of nitrogens with zero attached hydrogens (tertiary/aromatic N) is 1. The molecule has 0 aliphatic carbocycles. The molecule has 0 aromatic heterocycles. The number of aliphatic imine (C=N–C) groups is 1. The average molecular weight is 279 g/mol. The molecule has 0 saturated heterocycles. The fourth-order valence-corrected chi connectivity index (χ4v) is 1.51. The molecule has 0 heterocycles. The summed E-state index contributed by atoms with van der Waals surface area (Å²) in [4.78, 5) is 4.21. The van der Waals surface area contributed by atoms with Crippen LogP contribution < -0.4 is 15.8 Å². The molecule has 0 spiro atoms. The van der Waals surface area contributed by atoms with Gasteiger partial charge in [-0.3, -0.25) is 4.99 Å². The van der Waals surface area contributed by atoms with Crippen LogP contribution >= 0.6 is 0 Å². The highest BCUT2D eigenvalue weighted by Crippen LogP contribution is 2.14. The first-order chi connectivity index (χ1) is 9.61. The lowest BCUT2D eigenvalue weighted by Crippen LogP contribution is -2.23. The lowest BCUT2D eigenvalue weighted by atomic mass is 10.1. The molecule has 1 aromatic rings. The molecular weight excluding hydrogens is 254 g/mol. The molecule has 0 radical (unpaired) electrons. The van der Waals surface area contributed by atoms with Gasteiger partial charge in [0.1, 0.15) is 5.75 Å². The molecule has 0 aliphatic heterocycles. The second kappa shape index (κ2) is 9.20. The Labute approximate surface area is 121 Å². The van der Waals surface area contributed by atoms with Gasteiger partial charge in [0.15, 0.2) is 5.96 Å². The maximum Gasteiger partial charge on any atom is 0.193 e. The molecule has 0 fully saturated rings. The van der Waals surface area contributed by atoms with Crippen LogP contribution in [0.15, 0.2) is 29.3 Å². The maximum absolute atomic E-state index is 5.79. The average Bonchev–Trinajstić information content (AvgIpc) is 2.43. The van der Waals surface area contributed by atoms with E-state index in [9.17, 15) is 0 Å². The van der Waals surface area contributed by atoms with Gasteiger partial charge in [0, 0.05) is 12.3 Å².